The molecule has 0 N–H and O–H groups in total. The van der Waals surface area contributed by atoms with Crippen LogP contribution in [0.1, 0.15) is 13.3 Å². The first kappa shape index (κ1) is 11.7. The Morgan fingerprint density at radius 1 is 1.29 bits per heavy atom. The summed E-state index contributed by atoms with van der Waals surface area (Å²) in [4.78, 5) is 0.310. The molecule has 0 amide bonds. The van der Waals surface area contributed by atoms with Crippen LogP contribution in [0.15, 0.2) is 35.2 Å². The second-order valence-corrected chi connectivity index (χ2v) is 6.02. The van der Waals surface area contributed by atoms with Crippen molar-refractivity contribution in [2.75, 3.05) is 6.54 Å². The lowest BCUT2D eigenvalue weighted by Crippen LogP contribution is -2.21. The minimum Gasteiger partial charge on any atom is -0.206 e. The number of nitrogens with zero attached hydrogens (tertiary/aromatic N) is 1. The number of rotatable bonds is 4. The number of halogens is 1. The van der Waals surface area contributed by atoms with Gasteiger partial charge in [0.1, 0.15) is 0 Å². The number of hydrogen-bond acceptors (Lipinski definition) is 2. The Morgan fingerprint density at radius 3 is 2.36 bits per heavy atom. The van der Waals surface area contributed by atoms with Crippen molar-refractivity contribution in [3.63, 3.8) is 0 Å². The van der Waals surface area contributed by atoms with Gasteiger partial charge >= 0.3 is 0 Å². The van der Waals surface area contributed by atoms with Gasteiger partial charge in [-0.1, -0.05) is 25.1 Å². The van der Waals surface area contributed by atoms with Crippen molar-refractivity contribution in [1.29, 1.82) is 0 Å². The Kier molecular flexibility index (Phi) is 4.10. The molecule has 0 aliphatic rings. The highest BCUT2D eigenvalue weighted by molar-refractivity contribution is 9.08. The Bertz CT molecular complexity index is 377. The highest BCUT2D eigenvalue weighted by Crippen LogP contribution is 2.18. The van der Waals surface area contributed by atoms with E-state index in [0.29, 0.717) is 11.4 Å². The van der Waals surface area contributed by atoms with E-state index >= 15 is 0 Å². The number of hydrogen-bond donors (Lipinski definition) is 0. The van der Waals surface area contributed by atoms with Crippen molar-refractivity contribution in [3.05, 3.63) is 30.3 Å². The molecule has 0 saturated heterocycles. The Labute approximate surface area is 93.1 Å². The van der Waals surface area contributed by atoms with Crippen LogP contribution in [0.3, 0.4) is 0 Å². The third-order valence-corrected chi connectivity index (χ3v) is 4.77. The van der Waals surface area contributed by atoms with E-state index in [0.717, 1.165) is 6.42 Å². The highest BCUT2D eigenvalue weighted by atomic mass is 79.9. The standard InChI is InChI=1S/C9H12BrNO2S/c1-2-8-11(10)14(12,13)9-6-4-3-5-7-9/h3-7H,2,8H2,1H3. The van der Waals surface area contributed by atoms with Crippen LogP contribution < -0.4 is 0 Å². The first-order valence-electron chi connectivity index (χ1n) is 4.32. The molecule has 1 aromatic rings. The van der Waals surface area contributed by atoms with Crippen LogP contribution in [-0.2, 0) is 10.0 Å². The predicted molar refractivity (Wildman–Crippen MR) is 59.6 cm³/mol. The third kappa shape index (κ3) is 2.56. The van der Waals surface area contributed by atoms with Gasteiger partial charge in [0, 0.05) is 22.7 Å². The lowest BCUT2D eigenvalue weighted by Gasteiger charge is -2.13. The molecule has 0 spiro atoms. The molecule has 1 aromatic carbocycles. The van der Waals surface area contributed by atoms with Crippen LogP contribution >= 0.6 is 16.1 Å². The number of sulfonamides is 1. The molecule has 3 nitrogen and oxygen atoms in total. The zero-order valence-corrected chi connectivity index (χ0v) is 10.3. The molecule has 0 unspecified atom stereocenters. The van der Waals surface area contributed by atoms with Crippen molar-refractivity contribution in [3.8, 4) is 0 Å². The quantitative estimate of drug-likeness (QED) is 0.793. The first-order chi connectivity index (χ1) is 6.59. The van der Waals surface area contributed by atoms with Crippen LogP contribution in [0.5, 0.6) is 0 Å². The molecule has 0 fully saturated rings. The normalized spacial score (nSPS) is 11.9. The van der Waals surface area contributed by atoms with Gasteiger partial charge in [-0.15, -0.1) is 3.33 Å². The van der Waals surface area contributed by atoms with Gasteiger partial charge < -0.3 is 0 Å². The van der Waals surface area contributed by atoms with Gasteiger partial charge in [-0.2, -0.15) is 0 Å². The minimum atomic E-state index is -3.35. The minimum absolute atomic E-state index is 0.310. The van der Waals surface area contributed by atoms with Crippen LogP contribution in [0.2, 0.25) is 0 Å². The second-order valence-electron chi connectivity index (χ2n) is 2.83. The van der Waals surface area contributed by atoms with E-state index in [1.165, 1.54) is 3.33 Å². The van der Waals surface area contributed by atoms with Crippen molar-refractivity contribution >= 4 is 26.2 Å². The van der Waals surface area contributed by atoms with E-state index in [1.807, 2.05) is 6.92 Å². The molecule has 5 heteroatoms. The topological polar surface area (TPSA) is 37.4 Å². The van der Waals surface area contributed by atoms with Gasteiger partial charge in [0.05, 0.1) is 4.90 Å². The molecular weight excluding hydrogens is 266 g/mol. The Hall–Kier alpha value is -0.390. The van der Waals surface area contributed by atoms with E-state index in [1.54, 1.807) is 30.3 Å². The van der Waals surface area contributed by atoms with Gasteiger partial charge in [-0.05, 0) is 18.6 Å². The van der Waals surface area contributed by atoms with Crippen molar-refractivity contribution < 1.29 is 8.42 Å². The first-order valence-corrected chi connectivity index (χ1v) is 6.47. The molecule has 0 heterocycles. The predicted octanol–water partition coefficient (Wildman–Crippen LogP) is 2.40. The zero-order chi connectivity index (χ0) is 10.6. The summed E-state index contributed by atoms with van der Waals surface area (Å²) in [5.41, 5.74) is 0. The average Bonchev–Trinajstić information content (AvgIpc) is 2.19. The molecule has 0 saturated carbocycles. The zero-order valence-electron chi connectivity index (χ0n) is 7.85. The molecular formula is C9H12BrNO2S. The summed E-state index contributed by atoms with van der Waals surface area (Å²) in [6, 6.07) is 8.37. The largest absolute Gasteiger partial charge is 0.252 e. The monoisotopic (exact) mass is 277 g/mol. The molecule has 0 atom stereocenters. The van der Waals surface area contributed by atoms with E-state index in [-0.39, 0.29) is 0 Å². The summed E-state index contributed by atoms with van der Waals surface area (Å²) in [6.07, 6.45) is 0.775. The van der Waals surface area contributed by atoms with Gasteiger partial charge in [0.25, 0.3) is 10.0 Å². The summed E-state index contributed by atoms with van der Waals surface area (Å²) in [5.74, 6) is 0. The van der Waals surface area contributed by atoms with Crippen LogP contribution in [0.4, 0.5) is 0 Å². The maximum Gasteiger partial charge on any atom is 0.252 e. The second kappa shape index (κ2) is 4.91. The molecule has 0 aliphatic carbocycles. The summed E-state index contributed by atoms with van der Waals surface area (Å²) < 4.78 is 24.8. The van der Waals surface area contributed by atoms with Gasteiger partial charge in [0.15, 0.2) is 0 Å². The average molecular weight is 278 g/mol. The molecule has 0 aromatic heterocycles. The molecule has 78 valence electrons. The van der Waals surface area contributed by atoms with Crippen molar-refractivity contribution in [2.45, 2.75) is 18.2 Å². The summed E-state index contributed by atoms with van der Waals surface area (Å²) in [7, 11) is -3.35. The van der Waals surface area contributed by atoms with Crippen LogP contribution in [-0.4, -0.2) is 18.3 Å². The lowest BCUT2D eigenvalue weighted by molar-refractivity contribution is 0.545. The molecule has 1 rings (SSSR count). The van der Waals surface area contributed by atoms with E-state index in [9.17, 15) is 8.42 Å². The maximum absolute atomic E-state index is 11.8. The van der Waals surface area contributed by atoms with E-state index < -0.39 is 10.0 Å². The van der Waals surface area contributed by atoms with Crippen LogP contribution in [0.25, 0.3) is 0 Å². The highest BCUT2D eigenvalue weighted by Gasteiger charge is 2.20. The number of benzene rings is 1. The molecule has 14 heavy (non-hydrogen) atoms. The van der Waals surface area contributed by atoms with E-state index in [2.05, 4.69) is 16.1 Å². The summed E-state index contributed by atoms with van der Waals surface area (Å²) in [5, 5.41) is 0. The van der Waals surface area contributed by atoms with Gasteiger partial charge in [-0.25, -0.2) is 8.42 Å². The maximum atomic E-state index is 11.8. The van der Waals surface area contributed by atoms with Crippen molar-refractivity contribution in [2.24, 2.45) is 0 Å². The summed E-state index contributed by atoms with van der Waals surface area (Å²) in [6.45, 7) is 2.39. The fourth-order valence-corrected chi connectivity index (χ4v) is 3.01. The molecule has 0 bridgehead atoms. The fourth-order valence-electron chi connectivity index (χ4n) is 1.00. The van der Waals surface area contributed by atoms with Crippen LogP contribution in [0, 0.1) is 0 Å². The van der Waals surface area contributed by atoms with E-state index in [4.69, 9.17) is 0 Å². The lowest BCUT2D eigenvalue weighted by atomic mass is 10.4. The molecule has 0 aliphatic heterocycles. The van der Waals surface area contributed by atoms with Crippen molar-refractivity contribution in [1.82, 2.24) is 3.33 Å². The Morgan fingerprint density at radius 2 is 1.86 bits per heavy atom. The smallest absolute Gasteiger partial charge is 0.206 e. The SMILES string of the molecule is CCCN(Br)S(=O)(=O)c1ccccc1. The van der Waals surface area contributed by atoms with Gasteiger partial charge in [0.2, 0.25) is 0 Å². The third-order valence-electron chi connectivity index (χ3n) is 1.70. The molecule has 0 radical (unpaired) electrons. The Balaban J connectivity index is 2.97. The fraction of sp³-hybridized carbons (Fsp3) is 0.333. The van der Waals surface area contributed by atoms with Gasteiger partial charge in [-0.3, -0.25) is 0 Å². The summed E-state index contributed by atoms with van der Waals surface area (Å²) >= 11 is 3.04.